The van der Waals surface area contributed by atoms with E-state index in [4.69, 9.17) is 0 Å². The van der Waals surface area contributed by atoms with Crippen LogP contribution in [0.1, 0.15) is 31.4 Å². The van der Waals surface area contributed by atoms with Crippen LogP contribution in [0.5, 0.6) is 0 Å². The van der Waals surface area contributed by atoms with Gasteiger partial charge in [0.15, 0.2) is 0 Å². The Morgan fingerprint density at radius 1 is 1.28 bits per heavy atom. The second-order valence-electron chi connectivity index (χ2n) is 4.90. The highest BCUT2D eigenvalue weighted by molar-refractivity contribution is 5.78. The molecule has 0 spiro atoms. The molecule has 0 aliphatic heterocycles. The first-order chi connectivity index (χ1) is 8.78. The van der Waals surface area contributed by atoms with Crippen molar-refractivity contribution in [2.24, 2.45) is 0 Å². The molecular weight excluding hydrogens is 226 g/mol. The zero-order chi connectivity index (χ0) is 12.8. The molecular formula is C14H21N3O. The van der Waals surface area contributed by atoms with Crippen molar-refractivity contribution in [1.29, 1.82) is 0 Å². The first-order valence-corrected chi connectivity index (χ1v) is 6.64. The fraction of sp³-hybridized carbons (Fsp3) is 0.571. The molecule has 0 atom stereocenters. The average molecular weight is 247 g/mol. The molecule has 4 heteroatoms. The van der Waals surface area contributed by atoms with Crippen molar-refractivity contribution in [2.75, 3.05) is 7.05 Å². The molecule has 1 heterocycles. The van der Waals surface area contributed by atoms with Gasteiger partial charge in [0.05, 0.1) is 6.42 Å². The van der Waals surface area contributed by atoms with Gasteiger partial charge in [0.2, 0.25) is 5.91 Å². The summed E-state index contributed by atoms with van der Waals surface area (Å²) in [6.07, 6.45) is 6.53. The number of rotatable bonds is 4. The van der Waals surface area contributed by atoms with E-state index >= 15 is 0 Å². The molecule has 1 aromatic heterocycles. The molecule has 0 saturated heterocycles. The van der Waals surface area contributed by atoms with Gasteiger partial charge in [0, 0.05) is 24.0 Å². The predicted molar refractivity (Wildman–Crippen MR) is 71.2 cm³/mol. The highest BCUT2D eigenvalue weighted by atomic mass is 16.1. The Morgan fingerprint density at radius 2 is 2.00 bits per heavy atom. The van der Waals surface area contributed by atoms with E-state index in [-0.39, 0.29) is 5.91 Å². The normalized spacial score (nSPS) is 23.6. The molecule has 1 fully saturated rings. The molecule has 18 heavy (non-hydrogen) atoms. The zero-order valence-electron chi connectivity index (χ0n) is 10.9. The van der Waals surface area contributed by atoms with Crippen LogP contribution in [0.2, 0.25) is 0 Å². The summed E-state index contributed by atoms with van der Waals surface area (Å²) in [6, 6.07) is 6.62. The monoisotopic (exact) mass is 247 g/mol. The predicted octanol–water partition coefficient (Wildman–Crippen LogP) is 1.27. The maximum absolute atomic E-state index is 11.9. The lowest BCUT2D eigenvalue weighted by Crippen LogP contribution is -2.41. The molecule has 0 bridgehead atoms. The molecule has 0 aromatic carbocycles. The van der Waals surface area contributed by atoms with Gasteiger partial charge in [-0.1, -0.05) is 6.07 Å². The number of carbonyl (C=O) groups excluding carboxylic acids is 1. The van der Waals surface area contributed by atoms with Crippen molar-refractivity contribution in [2.45, 2.75) is 44.2 Å². The van der Waals surface area contributed by atoms with Crippen LogP contribution in [0.25, 0.3) is 0 Å². The minimum absolute atomic E-state index is 0.0848. The highest BCUT2D eigenvalue weighted by Gasteiger charge is 2.21. The lowest BCUT2D eigenvalue weighted by molar-refractivity contribution is -0.121. The molecule has 1 saturated carbocycles. The van der Waals surface area contributed by atoms with Gasteiger partial charge in [-0.05, 0) is 44.9 Å². The molecule has 2 N–H and O–H groups in total. The number of aromatic nitrogens is 1. The van der Waals surface area contributed by atoms with E-state index in [2.05, 4.69) is 15.6 Å². The van der Waals surface area contributed by atoms with Crippen LogP contribution in [0.15, 0.2) is 24.4 Å². The van der Waals surface area contributed by atoms with Crippen molar-refractivity contribution in [1.82, 2.24) is 15.6 Å². The molecule has 1 aliphatic carbocycles. The summed E-state index contributed by atoms with van der Waals surface area (Å²) in [7, 11) is 2.00. The minimum Gasteiger partial charge on any atom is -0.353 e. The molecule has 0 radical (unpaired) electrons. The zero-order valence-corrected chi connectivity index (χ0v) is 10.9. The molecule has 1 amide bonds. The Morgan fingerprint density at radius 3 is 2.61 bits per heavy atom. The molecule has 1 aromatic rings. The van der Waals surface area contributed by atoms with Gasteiger partial charge in [0.25, 0.3) is 0 Å². The van der Waals surface area contributed by atoms with Crippen molar-refractivity contribution in [3.8, 4) is 0 Å². The summed E-state index contributed by atoms with van der Waals surface area (Å²) in [6.45, 7) is 0. The number of pyridine rings is 1. The van der Waals surface area contributed by atoms with Crippen LogP contribution in [-0.2, 0) is 11.2 Å². The van der Waals surface area contributed by atoms with Crippen LogP contribution in [0, 0.1) is 0 Å². The van der Waals surface area contributed by atoms with Crippen molar-refractivity contribution >= 4 is 5.91 Å². The summed E-state index contributed by atoms with van der Waals surface area (Å²) < 4.78 is 0. The van der Waals surface area contributed by atoms with Crippen LogP contribution >= 0.6 is 0 Å². The highest BCUT2D eigenvalue weighted by Crippen LogP contribution is 2.18. The molecule has 2 rings (SSSR count). The van der Waals surface area contributed by atoms with Gasteiger partial charge < -0.3 is 10.6 Å². The average Bonchev–Trinajstić information content (AvgIpc) is 2.40. The molecule has 4 nitrogen and oxygen atoms in total. The Hall–Kier alpha value is -1.42. The third-order valence-corrected chi connectivity index (χ3v) is 3.57. The Kier molecular flexibility index (Phi) is 4.70. The third kappa shape index (κ3) is 3.81. The first kappa shape index (κ1) is 13.0. The number of carbonyl (C=O) groups is 1. The number of hydrogen-bond donors (Lipinski definition) is 2. The van der Waals surface area contributed by atoms with Crippen LogP contribution in [0.3, 0.4) is 0 Å². The molecule has 98 valence electrons. The number of nitrogens with one attached hydrogen (secondary N) is 2. The van der Waals surface area contributed by atoms with Crippen LogP contribution in [-0.4, -0.2) is 30.0 Å². The largest absolute Gasteiger partial charge is 0.353 e. The SMILES string of the molecule is CNC1CCC(NC(=O)Cc2ccccn2)CC1. The van der Waals surface area contributed by atoms with Gasteiger partial charge in [-0.3, -0.25) is 9.78 Å². The molecule has 1 aliphatic rings. The first-order valence-electron chi connectivity index (χ1n) is 6.64. The van der Waals surface area contributed by atoms with Crippen molar-refractivity contribution < 1.29 is 4.79 Å². The smallest absolute Gasteiger partial charge is 0.226 e. The van der Waals surface area contributed by atoms with Gasteiger partial charge >= 0.3 is 0 Å². The van der Waals surface area contributed by atoms with Gasteiger partial charge in [-0.15, -0.1) is 0 Å². The van der Waals surface area contributed by atoms with E-state index in [1.54, 1.807) is 6.20 Å². The maximum Gasteiger partial charge on any atom is 0.226 e. The number of hydrogen-bond acceptors (Lipinski definition) is 3. The topological polar surface area (TPSA) is 54.0 Å². The quantitative estimate of drug-likeness (QED) is 0.842. The summed E-state index contributed by atoms with van der Waals surface area (Å²) in [5.74, 6) is 0.0848. The Bertz CT molecular complexity index is 372. The standard InChI is InChI=1S/C14H21N3O/c1-15-11-5-7-12(8-6-11)17-14(18)10-13-4-2-3-9-16-13/h2-4,9,11-12,15H,5-8,10H2,1H3,(H,17,18). The minimum atomic E-state index is 0.0848. The summed E-state index contributed by atoms with van der Waals surface area (Å²) in [5, 5.41) is 6.40. The van der Waals surface area contributed by atoms with Gasteiger partial charge in [0.1, 0.15) is 0 Å². The summed E-state index contributed by atoms with van der Waals surface area (Å²) in [5.41, 5.74) is 0.832. The number of nitrogens with zero attached hydrogens (tertiary/aromatic N) is 1. The maximum atomic E-state index is 11.9. The van der Waals surface area contributed by atoms with E-state index in [1.165, 1.54) is 0 Å². The lowest BCUT2D eigenvalue weighted by atomic mass is 9.91. The second kappa shape index (κ2) is 6.50. The van der Waals surface area contributed by atoms with Crippen LogP contribution in [0.4, 0.5) is 0 Å². The van der Waals surface area contributed by atoms with Gasteiger partial charge in [-0.25, -0.2) is 0 Å². The van der Waals surface area contributed by atoms with Crippen molar-refractivity contribution in [3.63, 3.8) is 0 Å². The number of amides is 1. The summed E-state index contributed by atoms with van der Waals surface area (Å²) >= 11 is 0. The van der Waals surface area contributed by atoms with E-state index in [0.717, 1.165) is 31.4 Å². The van der Waals surface area contributed by atoms with Gasteiger partial charge in [-0.2, -0.15) is 0 Å². The van der Waals surface area contributed by atoms with E-state index < -0.39 is 0 Å². The third-order valence-electron chi connectivity index (χ3n) is 3.57. The van der Waals surface area contributed by atoms with E-state index in [1.807, 2.05) is 25.2 Å². The lowest BCUT2D eigenvalue weighted by Gasteiger charge is -2.28. The fourth-order valence-electron chi connectivity index (χ4n) is 2.47. The molecule has 0 unspecified atom stereocenters. The van der Waals surface area contributed by atoms with E-state index in [0.29, 0.717) is 18.5 Å². The van der Waals surface area contributed by atoms with E-state index in [9.17, 15) is 4.79 Å². The fourth-order valence-corrected chi connectivity index (χ4v) is 2.47. The Balaban J connectivity index is 1.75. The van der Waals surface area contributed by atoms with Crippen LogP contribution < -0.4 is 10.6 Å². The van der Waals surface area contributed by atoms with Crippen molar-refractivity contribution in [3.05, 3.63) is 30.1 Å². The summed E-state index contributed by atoms with van der Waals surface area (Å²) in [4.78, 5) is 16.0. The second-order valence-corrected chi connectivity index (χ2v) is 4.90. The Labute approximate surface area is 108 Å².